The first-order chi connectivity index (χ1) is 9.19. The lowest BCUT2D eigenvalue weighted by atomic mass is 9.97. The van der Waals surface area contributed by atoms with Gasteiger partial charge in [-0.3, -0.25) is 0 Å². The minimum atomic E-state index is 0.134. The highest BCUT2D eigenvalue weighted by Crippen LogP contribution is 2.19. The zero-order chi connectivity index (χ0) is 13.7. The molecule has 5 nitrogen and oxygen atoms in total. The Morgan fingerprint density at radius 3 is 3.00 bits per heavy atom. The van der Waals surface area contributed by atoms with Crippen LogP contribution >= 0.6 is 0 Å². The molecule has 2 unspecified atom stereocenters. The third-order valence-corrected chi connectivity index (χ3v) is 3.28. The van der Waals surface area contributed by atoms with E-state index >= 15 is 0 Å². The molecular formula is C14H23N3O2. The van der Waals surface area contributed by atoms with Crippen molar-refractivity contribution in [3.05, 3.63) is 11.8 Å². The highest BCUT2D eigenvalue weighted by atomic mass is 16.5. The van der Waals surface area contributed by atoms with Gasteiger partial charge in [0.25, 0.3) is 0 Å². The van der Waals surface area contributed by atoms with Crippen LogP contribution in [0.25, 0.3) is 0 Å². The Hall–Kier alpha value is -1.36. The summed E-state index contributed by atoms with van der Waals surface area (Å²) < 4.78 is 11.5. The van der Waals surface area contributed by atoms with Gasteiger partial charge < -0.3 is 14.8 Å². The number of nitrogens with one attached hydrogen (secondary N) is 1. The maximum absolute atomic E-state index is 5.90. The van der Waals surface area contributed by atoms with Gasteiger partial charge in [-0.05, 0) is 32.2 Å². The summed E-state index contributed by atoms with van der Waals surface area (Å²) in [6.45, 7) is 8.77. The Morgan fingerprint density at radius 1 is 1.42 bits per heavy atom. The highest BCUT2D eigenvalue weighted by Gasteiger charge is 2.23. The first-order valence-corrected chi connectivity index (χ1v) is 7.05. The third-order valence-electron chi connectivity index (χ3n) is 3.28. The van der Waals surface area contributed by atoms with Crippen LogP contribution in [-0.2, 0) is 0 Å². The molecule has 1 aromatic rings. The van der Waals surface area contributed by atoms with E-state index in [1.54, 1.807) is 0 Å². The van der Waals surface area contributed by atoms with Crippen molar-refractivity contribution >= 4 is 0 Å². The summed E-state index contributed by atoms with van der Waals surface area (Å²) in [5.74, 6) is 1.12. The molecule has 0 radical (unpaired) electrons. The number of aromatic nitrogens is 2. The molecule has 1 aromatic heterocycles. The Kier molecular flexibility index (Phi) is 4.96. The first kappa shape index (κ1) is 14.1. The van der Waals surface area contributed by atoms with E-state index in [0.29, 0.717) is 24.4 Å². The highest BCUT2D eigenvalue weighted by molar-refractivity contribution is 5.17. The smallest absolute Gasteiger partial charge is 0.320 e. The van der Waals surface area contributed by atoms with Crippen LogP contribution in [0, 0.1) is 12.8 Å². The first-order valence-electron chi connectivity index (χ1n) is 7.05. The summed E-state index contributed by atoms with van der Waals surface area (Å²) >= 11 is 0. The van der Waals surface area contributed by atoms with Crippen molar-refractivity contribution in [2.24, 2.45) is 5.92 Å². The standard InChI is InChI=1S/C14H23N3O2/c1-4-7-18-13-8-11(3)16-14(17-13)19-12-9-15-6-5-10(12)2/h8,10,12,15H,4-7,9H2,1-3H3. The fourth-order valence-corrected chi connectivity index (χ4v) is 2.10. The van der Waals surface area contributed by atoms with E-state index < -0.39 is 0 Å². The summed E-state index contributed by atoms with van der Waals surface area (Å²) in [6, 6.07) is 2.26. The molecule has 0 amide bonds. The molecule has 5 heteroatoms. The average Bonchev–Trinajstić information content (AvgIpc) is 2.38. The zero-order valence-electron chi connectivity index (χ0n) is 12.0. The van der Waals surface area contributed by atoms with Gasteiger partial charge in [-0.25, -0.2) is 4.98 Å². The monoisotopic (exact) mass is 265 g/mol. The van der Waals surface area contributed by atoms with Crippen molar-refractivity contribution in [3.63, 3.8) is 0 Å². The molecule has 0 aliphatic carbocycles. The van der Waals surface area contributed by atoms with Crippen LogP contribution in [0.2, 0.25) is 0 Å². The second kappa shape index (κ2) is 6.70. The van der Waals surface area contributed by atoms with Gasteiger partial charge in [0.05, 0.1) is 6.61 Å². The Bertz CT molecular complexity index is 412. The van der Waals surface area contributed by atoms with E-state index in [1.807, 2.05) is 13.0 Å². The number of hydrogen-bond acceptors (Lipinski definition) is 5. The van der Waals surface area contributed by atoms with E-state index in [9.17, 15) is 0 Å². The predicted octanol–water partition coefficient (Wildman–Crippen LogP) is 1.95. The van der Waals surface area contributed by atoms with Gasteiger partial charge in [0, 0.05) is 18.3 Å². The van der Waals surface area contributed by atoms with Crippen molar-refractivity contribution in [3.8, 4) is 11.9 Å². The van der Waals surface area contributed by atoms with Gasteiger partial charge in [-0.2, -0.15) is 4.98 Å². The van der Waals surface area contributed by atoms with Crippen molar-refractivity contribution in [2.45, 2.75) is 39.7 Å². The van der Waals surface area contributed by atoms with Gasteiger partial charge >= 0.3 is 6.01 Å². The topological polar surface area (TPSA) is 56.3 Å². The van der Waals surface area contributed by atoms with Crippen molar-refractivity contribution < 1.29 is 9.47 Å². The second-order valence-corrected chi connectivity index (χ2v) is 5.10. The number of piperidine rings is 1. The van der Waals surface area contributed by atoms with Crippen LogP contribution in [-0.4, -0.2) is 35.8 Å². The van der Waals surface area contributed by atoms with Gasteiger partial charge in [0.15, 0.2) is 0 Å². The predicted molar refractivity (Wildman–Crippen MR) is 73.6 cm³/mol. The lowest BCUT2D eigenvalue weighted by Gasteiger charge is -2.29. The van der Waals surface area contributed by atoms with E-state index in [4.69, 9.17) is 9.47 Å². The molecule has 19 heavy (non-hydrogen) atoms. The molecular weight excluding hydrogens is 242 g/mol. The number of nitrogens with zero attached hydrogens (tertiary/aromatic N) is 2. The van der Waals surface area contributed by atoms with Crippen LogP contribution in [0.1, 0.15) is 32.4 Å². The molecule has 106 valence electrons. The molecule has 2 rings (SSSR count). The van der Waals surface area contributed by atoms with Crippen molar-refractivity contribution in [2.75, 3.05) is 19.7 Å². The van der Waals surface area contributed by atoms with Crippen LogP contribution in [0.3, 0.4) is 0 Å². The molecule has 1 N–H and O–H groups in total. The summed E-state index contributed by atoms with van der Waals surface area (Å²) in [5.41, 5.74) is 0.868. The number of hydrogen-bond donors (Lipinski definition) is 1. The molecule has 1 saturated heterocycles. The largest absolute Gasteiger partial charge is 0.478 e. The molecule has 1 aliphatic rings. The fraction of sp³-hybridized carbons (Fsp3) is 0.714. The molecule has 0 bridgehead atoms. The lowest BCUT2D eigenvalue weighted by Crippen LogP contribution is -2.43. The third kappa shape index (κ3) is 4.06. The fourth-order valence-electron chi connectivity index (χ4n) is 2.10. The van der Waals surface area contributed by atoms with Crippen molar-refractivity contribution in [1.82, 2.24) is 15.3 Å². The number of rotatable bonds is 5. The molecule has 0 aromatic carbocycles. The average molecular weight is 265 g/mol. The van der Waals surface area contributed by atoms with E-state index in [1.165, 1.54) is 0 Å². The van der Waals surface area contributed by atoms with Gasteiger partial charge in [-0.1, -0.05) is 13.8 Å². The van der Waals surface area contributed by atoms with E-state index in [0.717, 1.165) is 31.6 Å². The number of ether oxygens (including phenoxy) is 2. The maximum Gasteiger partial charge on any atom is 0.320 e. The van der Waals surface area contributed by atoms with Crippen LogP contribution in [0.5, 0.6) is 11.9 Å². The molecule has 1 aliphatic heterocycles. The summed E-state index contributed by atoms with van der Waals surface area (Å²) in [4.78, 5) is 8.65. The Labute approximate surface area is 114 Å². The molecule has 0 spiro atoms. The lowest BCUT2D eigenvalue weighted by molar-refractivity contribution is 0.102. The van der Waals surface area contributed by atoms with Crippen LogP contribution < -0.4 is 14.8 Å². The van der Waals surface area contributed by atoms with E-state index in [2.05, 4.69) is 29.1 Å². The summed E-state index contributed by atoms with van der Waals surface area (Å²) in [7, 11) is 0. The van der Waals surface area contributed by atoms with Crippen LogP contribution in [0.15, 0.2) is 6.07 Å². The summed E-state index contributed by atoms with van der Waals surface area (Å²) in [5, 5.41) is 3.34. The SMILES string of the molecule is CCCOc1cc(C)nc(OC2CNCCC2C)n1. The maximum atomic E-state index is 5.90. The van der Waals surface area contributed by atoms with Gasteiger partial charge in [0.2, 0.25) is 5.88 Å². The minimum Gasteiger partial charge on any atom is -0.478 e. The molecule has 2 heterocycles. The van der Waals surface area contributed by atoms with Crippen LogP contribution in [0.4, 0.5) is 0 Å². The van der Waals surface area contributed by atoms with Gasteiger partial charge in [-0.15, -0.1) is 0 Å². The Morgan fingerprint density at radius 2 is 2.26 bits per heavy atom. The molecule has 0 saturated carbocycles. The van der Waals surface area contributed by atoms with E-state index in [-0.39, 0.29) is 6.10 Å². The Balaban J connectivity index is 2.04. The minimum absolute atomic E-state index is 0.134. The molecule has 1 fully saturated rings. The van der Waals surface area contributed by atoms with Gasteiger partial charge in [0.1, 0.15) is 6.10 Å². The molecule has 2 atom stereocenters. The zero-order valence-corrected chi connectivity index (χ0v) is 12.0. The summed E-state index contributed by atoms with van der Waals surface area (Å²) in [6.07, 6.45) is 2.22. The van der Waals surface area contributed by atoms with Crippen molar-refractivity contribution in [1.29, 1.82) is 0 Å². The second-order valence-electron chi connectivity index (χ2n) is 5.10. The quantitative estimate of drug-likeness (QED) is 0.882. The normalized spacial score (nSPS) is 23.1. The number of aryl methyl sites for hydroxylation is 1.